The van der Waals surface area contributed by atoms with Crippen molar-refractivity contribution in [3.05, 3.63) is 149 Å². The van der Waals surface area contributed by atoms with Crippen LogP contribution in [0, 0.1) is 45.3 Å². The van der Waals surface area contributed by atoms with Crippen molar-refractivity contribution >= 4 is 57.5 Å². The molecule has 0 saturated heterocycles. The Balaban J connectivity index is 1.28. The first kappa shape index (κ1) is 52.2. The zero-order chi connectivity index (χ0) is 52.0. The summed E-state index contributed by atoms with van der Waals surface area (Å²) in [7, 11) is 0. The van der Waals surface area contributed by atoms with Crippen LogP contribution in [0.1, 0.15) is 220 Å². The van der Waals surface area contributed by atoms with Gasteiger partial charge in [-0.05, 0) is 107 Å². The number of nitrogens with zero attached hydrogens (tertiary/aromatic N) is 4. The van der Waals surface area contributed by atoms with Gasteiger partial charge in [-0.25, -0.2) is 0 Å². The zero-order valence-electron chi connectivity index (χ0n) is 43.6. The molecule has 0 bridgehead atoms. The third-order valence-electron chi connectivity index (χ3n) is 16.5. The molecule has 0 amide bonds. The van der Waals surface area contributed by atoms with Gasteiger partial charge >= 0.3 is 0 Å². The fourth-order valence-corrected chi connectivity index (χ4v) is 15.3. The molecule has 0 atom stereocenters. The number of rotatable bonds is 22. The van der Waals surface area contributed by atoms with E-state index in [2.05, 4.69) is 76.2 Å². The predicted molar refractivity (Wildman–Crippen MR) is 303 cm³/mol. The highest BCUT2D eigenvalue weighted by Crippen LogP contribution is 2.64. The molecule has 3 aromatic carbocycles. The van der Waals surface area contributed by atoms with Crippen molar-refractivity contribution in [3.63, 3.8) is 0 Å². The van der Waals surface area contributed by atoms with Crippen LogP contribution in [0.2, 0.25) is 0 Å². The Kier molecular flexibility index (Phi) is 16.1. The number of thiophene rings is 2. The third-order valence-corrected chi connectivity index (χ3v) is 18.7. The summed E-state index contributed by atoms with van der Waals surface area (Å²) in [6.07, 6.45) is 26.3. The lowest BCUT2D eigenvalue weighted by atomic mass is 9.68. The van der Waals surface area contributed by atoms with Crippen molar-refractivity contribution in [2.45, 2.75) is 167 Å². The Morgan fingerprint density at radius 3 is 1.07 bits per heavy atom. The zero-order valence-corrected chi connectivity index (χ0v) is 45.3. The lowest BCUT2D eigenvalue weighted by molar-refractivity contribution is 0.103. The summed E-state index contributed by atoms with van der Waals surface area (Å²) in [6, 6.07) is 33.0. The number of allylic oxidation sites excluding steroid dienone is 6. The maximum atomic E-state index is 14.3. The first-order chi connectivity index (χ1) is 36.2. The summed E-state index contributed by atoms with van der Waals surface area (Å²) < 4.78 is 0. The van der Waals surface area contributed by atoms with E-state index in [0.29, 0.717) is 44.5 Å². The molecule has 0 radical (unpaired) electrons. The molecule has 2 aromatic heterocycles. The molecule has 9 rings (SSSR count). The van der Waals surface area contributed by atoms with E-state index in [1.54, 1.807) is 34.8 Å². The maximum Gasteiger partial charge on any atom is 0.194 e. The molecule has 0 spiro atoms. The quantitative estimate of drug-likeness (QED) is 0.0386. The molecule has 5 aromatic rings. The van der Waals surface area contributed by atoms with Crippen LogP contribution in [0.15, 0.2) is 95.1 Å². The number of carbonyl (C=O) groups is 2. The van der Waals surface area contributed by atoms with Crippen LogP contribution in [-0.2, 0) is 10.8 Å². The summed E-state index contributed by atoms with van der Waals surface area (Å²) in [6.45, 7) is 9.07. The van der Waals surface area contributed by atoms with E-state index in [1.807, 2.05) is 48.6 Å². The second kappa shape index (κ2) is 22.8. The smallest absolute Gasteiger partial charge is 0.194 e. The Morgan fingerprint density at radius 1 is 0.432 bits per heavy atom. The number of Topliss-reactive ketones (excluding diaryl/α,β-unsaturated/α-hetero) is 2. The summed E-state index contributed by atoms with van der Waals surface area (Å²) >= 11 is 3.50. The largest absolute Gasteiger partial charge is 0.289 e. The van der Waals surface area contributed by atoms with Gasteiger partial charge in [-0.15, -0.1) is 22.7 Å². The molecule has 0 N–H and O–H groups in total. The van der Waals surface area contributed by atoms with Crippen LogP contribution in [0.5, 0.6) is 0 Å². The summed E-state index contributed by atoms with van der Waals surface area (Å²) in [5.41, 5.74) is 11.5. The highest BCUT2D eigenvalue weighted by Gasteiger charge is 2.49. The van der Waals surface area contributed by atoms with Gasteiger partial charge in [0.05, 0.1) is 0 Å². The number of fused-ring (bicyclic) bond motifs is 8. The molecule has 4 aliphatic rings. The molecule has 0 saturated carbocycles. The summed E-state index contributed by atoms with van der Waals surface area (Å²) in [5.74, 6) is -0.310. The molecular formula is C66H66N4O2S2. The van der Waals surface area contributed by atoms with Gasteiger partial charge in [-0.2, -0.15) is 21.0 Å². The fourth-order valence-electron chi connectivity index (χ4n) is 12.9. The van der Waals surface area contributed by atoms with Gasteiger partial charge in [-0.1, -0.05) is 179 Å². The maximum absolute atomic E-state index is 14.3. The number of hydrogen-bond donors (Lipinski definition) is 0. The Bertz CT molecular complexity index is 3060. The number of nitriles is 4. The molecule has 374 valence electrons. The van der Waals surface area contributed by atoms with Gasteiger partial charge in [0.15, 0.2) is 11.6 Å². The van der Waals surface area contributed by atoms with E-state index in [0.717, 1.165) is 112 Å². The van der Waals surface area contributed by atoms with Crippen LogP contribution < -0.4 is 0 Å². The summed E-state index contributed by atoms with van der Waals surface area (Å²) in [5, 5.41) is 40.8. The standard InChI is InChI=1S/C66H66N4O2S2/c1-5-9-13-21-29-65(30-22-14-10-6-2)55-37-52-56(38-51(55)63-57(65)35-45(73-63)33-53-59(43(39-67)40-68)47-25-17-19-27-49(47)61(53)71)66(31-23-15-11-7-3,32-24-16-12-8-4)58-36-46(74-64(52)58)34-54-60(44(41-69)42-70)48-26-18-20-28-50(48)62(54)72/h17-20,25-28,33-38H,5-16,21-24,29-32H2,1-4H3/b53-33-,54-34?. The van der Waals surface area contributed by atoms with Crippen molar-refractivity contribution in [1.29, 1.82) is 21.0 Å². The molecule has 0 aliphatic heterocycles. The second-order valence-electron chi connectivity index (χ2n) is 20.9. The van der Waals surface area contributed by atoms with Crippen molar-refractivity contribution in [2.24, 2.45) is 0 Å². The summed E-state index contributed by atoms with van der Waals surface area (Å²) in [4.78, 5) is 33.0. The Hall–Kier alpha value is -6.68. The van der Waals surface area contributed by atoms with E-state index >= 15 is 0 Å². The van der Waals surface area contributed by atoms with Crippen LogP contribution in [0.25, 0.3) is 44.2 Å². The van der Waals surface area contributed by atoms with Crippen molar-refractivity contribution in [1.82, 2.24) is 0 Å². The lowest BCUT2D eigenvalue weighted by Crippen LogP contribution is -2.27. The SMILES string of the molecule is CCCCCCC1(CCCCCC)c2cc3c(cc2-c2sc(C=C4C(=O)c5ccccc5C4=C(C#N)C#N)cc21)C(CCCCCC)(CCCCCC)c1cc(/C=C2\C(=O)c4ccccc4C2=C(C#N)C#N)sc1-3. The van der Waals surface area contributed by atoms with E-state index in [9.17, 15) is 30.6 Å². The third kappa shape index (κ3) is 9.21. The van der Waals surface area contributed by atoms with Gasteiger partial charge in [0.1, 0.15) is 35.4 Å². The topological polar surface area (TPSA) is 129 Å². The average molecular weight is 1010 g/mol. The minimum Gasteiger partial charge on any atom is -0.289 e. The first-order valence-electron chi connectivity index (χ1n) is 27.5. The van der Waals surface area contributed by atoms with Crippen LogP contribution in [-0.4, -0.2) is 11.6 Å². The molecule has 4 aliphatic carbocycles. The molecule has 2 heterocycles. The highest BCUT2D eigenvalue weighted by atomic mass is 32.1. The van der Waals surface area contributed by atoms with Crippen molar-refractivity contribution < 1.29 is 9.59 Å². The fraction of sp³-hybridized carbons (Fsp3) is 0.394. The van der Waals surface area contributed by atoms with E-state index in [1.165, 1.54) is 68.8 Å². The van der Waals surface area contributed by atoms with Gasteiger partial charge in [-0.3, -0.25) is 9.59 Å². The number of ketones is 2. The number of unbranched alkanes of at least 4 members (excludes halogenated alkanes) is 12. The normalized spacial score (nSPS) is 16.1. The minimum atomic E-state index is -0.261. The van der Waals surface area contributed by atoms with Gasteiger partial charge in [0.2, 0.25) is 0 Å². The van der Waals surface area contributed by atoms with Crippen molar-refractivity contribution in [3.8, 4) is 45.2 Å². The Labute approximate surface area is 447 Å². The molecule has 0 unspecified atom stereocenters. The first-order valence-corrected chi connectivity index (χ1v) is 29.1. The van der Waals surface area contributed by atoms with Crippen LogP contribution in [0.4, 0.5) is 0 Å². The number of hydrogen-bond acceptors (Lipinski definition) is 8. The molecule has 74 heavy (non-hydrogen) atoms. The van der Waals surface area contributed by atoms with Crippen molar-refractivity contribution in [2.75, 3.05) is 0 Å². The van der Waals surface area contributed by atoms with E-state index in [4.69, 9.17) is 0 Å². The predicted octanol–water partition coefficient (Wildman–Crippen LogP) is 18.4. The van der Waals surface area contributed by atoms with Gasteiger partial charge < -0.3 is 0 Å². The Morgan fingerprint density at radius 2 is 0.757 bits per heavy atom. The van der Waals surface area contributed by atoms with Crippen LogP contribution >= 0.6 is 22.7 Å². The number of carbonyl (C=O) groups excluding carboxylic acids is 2. The van der Waals surface area contributed by atoms with E-state index < -0.39 is 0 Å². The monoisotopic (exact) mass is 1010 g/mol. The van der Waals surface area contributed by atoms with Crippen LogP contribution in [0.3, 0.4) is 0 Å². The molecule has 6 nitrogen and oxygen atoms in total. The highest BCUT2D eigenvalue weighted by molar-refractivity contribution is 7.17. The second-order valence-corrected chi connectivity index (χ2v) is 23.1. The van der Waals surface area contributed by atoms with Gasteiger partial charge in [0, 0.05) is 63.8 Å². The van der Waals surface area contributed by atoms with Gasteiger partial charge in [0.25, 0.3) is 0 Å². The molecule has 0 fully saturated rings. The number of benzene rings is 3. The minimum absolute atomic E-state index is 0.0484. The van der Waals surface area contributed by atoms with E-state index in [-0.39, 0.29) is 33.5 Å². The molecule has 8 heteroatoms. The lowest BCUT2D eigenvalue weighted by Gasteiger charge is -2.34. The average Bonchev–Trinajstić information content (AvgIpc) is 4.25. The molecular weight excluding hydrogens is 945 g/mol.